The van der Waals surface area contributed by atoms with E-state index < -0.39 is 0 Å². The van der Waals surface area contributed by atoms with Crippen LogP contribution in [-0.4, -0.2) is 87.4 Å². The minimum atomic E-state index is -0.270. The number of methoxy groups -OCH3 is 3. The zero-order chi connectivity index (χ0) is 23.4. The number of H-pyrrole nitrogens is 1. The molecule has 1 aliphatic rings. The maximum absolute atomic E-state index is 13.0. The van der Waals surface area contributed by atoms with E-state index in [1.807, 2.05) is 18.2 Å². The van der Waals surface area contributed by atoms with Gasteiger partial charge in [-0.05, 0) is 19.2 Å². The number of aromatic nitrogens is 2. The fraction of sp³-hybridized carbons (Fsp3) is 0.417. The fourth-order valence-corrected chi connectivity index (χ4v) is 4.04. The molecule has 0 amide bonds. The molecule has 9 nitrogen and oxygen atoms in total. The number of hydrogen-bond acceptors (Lipinski definition) is 8. The molecule has 0 spiro atoms. The fourth-order valence-electron chi connectivity index (χ4n) is 4.04. The van der Waals surface area contributed by atoms with Crippen LogP contribution in [0, 0.1) is 0 Å². The van der Waals surface area contributed by atoms with Gasteiger partial charge in [-0.2, -0.15) is 0 Å². The first-order valence-electron chi connectivity index (χ1n) is 11.0. The van der Waals surface area contributed by atoms with E-state index in [-0.39, 0.29) is 5.56 Å². The van der Waals surface area contributed by atoms with Crippen LogP contribution in [0.25, 0.3) is 22.3 Å². The third kappa shape index (κ3) is 5.04. The van der Waals surface area contributed by atoms with Crippen molar-refractivity contribution in [1.29, 1.82) is 0 Å². The van der Waals surface area contributed by atoms with Crippen LogP contribution in [-0.2, 0) is 0 Å². The first kappa shape index (κ1) is 22.9. The first-order chi connectivity index (χ1) is 16.0. The first-order valence-corrected chi connectivity index (χ1v) is 11.0. The van der Waals surface area contributed by atoms with Crippen molar-refractivity contribution in [3.05, 3.63) is 40.7 Å². The number of nitrogens with zero attached hydrogens (tertiary/aromatic N) is 3. The van der Waals surface area contributed by atoms with E-state index in [0.29, 0.717) is 28.2 Å². The summed E-state index contributed by atoms with van der Waals surface area (Å²) in [7, 11) is 6.88. The molecular formula is C24H31N5O4. The van der Waals surface area contributed by atoms with Gasteiger partial charge in [-0.1, -0.05) is 0 Å². The lowest BCUT2D eigenvalue weighted by molar-refractivity contribution is 0.158. The number of fused-ring (bicyclic) bond motifs is 1. The summed E-state index contributed by atoms with van der Waals surface area (Å²) in [6.45, 7) is 5.99. The second-order valence-electron chi connectivity index (χ2n) is 8.12. The average Bonchev–Trinajstić information content (AvgIpc) is 2.84. The number of anilines is 1. The molecule has 9 heteroatoms. The normalized spacial score (nSPS) is 14.9. The number of aromatic amines is 1. The SMILES string of the molecule is COc1ccc(-c2nc3cc(OC)cc(OC)c3c(=O)[nH]2)c(NCCN2CCN(C)CC2)c1. The van der Waals surface area contributed by atoms with Crippen LogP contribution in [0.1, 0.15) is 0 Å². The Balaban J connectivity index is 1.66. The van der Waals surface area contributed by atoms with Crippen molar-refractivity contribution in [2.24, 2.45) is 0 Å². The Kier molecular flexibility index (Phi) is 7.00. The minimum Gasteiger partial charge on any atom is -0.497 e. The second-order valence-corrected chi connectivity index (χ2v) is 8.12. The molecular weight excluding hydrogens is 422 g/mol. The molecule has 2 aromatic carbocycles. The zero-order valence-corrected chi connectivity index (χ0v) is 19.6. The molecule has 176 valence electrons. The molecule has 1 aromatic heterocycles. The lowest BCUT2D eigenvalue weighted by atomic mass is 10.1. The molecule has 1 aliphatic heterocycles. The summed E-state index contributed by atoms with van der Waals surface area (Å²) in [4.78, 5) is 25.4. The van der Waals surface area contributed by atoms with Gasteiger partial charge in [0.1, 0.15) is 28.5 Å². The summed E-state index contributed by atoms with van der Waals surface area (Å²) in [5.74, 6) is 2.19. The van der Waals surface area contributed by atoms with Gasteiger partial charge in [0.15, 0.2) is 0 Å². The Bertz CT molecular complexity index is 1170. The van der Waals surface area contributed by atoms with Crippen LogP contribution in [0.4, 0.5) is 5.69 Å². The van der Waals surface area contributed by atoms with Gasteiger partial charge in [0, 0.05) is 68.7 Å². The van der Waals surface area contributed by atoms with Crippen LogP contribution < -0.4 is 25.1 Å². The molecule has 33 heavy (non-hydrogen) atoms. The molecule has 2 N–H and O–H groups in total. The Hall–Kier alpha value is -3.30. The number of rotatable bonds is 8. The van der Waals surface area contributed by atoms with Crippen LogP contribution in [0.3, 0.4) is 0 Å². The van der Waals surface area contributed by atoms with Gasteiger partial charge < -0.3 is 29.4 Å². The molecule has 3 aromatic rings. The van der Waals surface area contributed by atoms with Crippen molar-refractivity contribution < 1.29 is 14.2 Å². The third-order valence-corrected chi connectivity index (χ3v) is 6.02. The number of nitrogens with one attached hydrogen (secondary N) is 2. The van der Waals surface area contributed by atoms with Gasteiger partial charge in [0.05, 0.1) is 26.8 Å². The van der Waals surface area contributed by atoms with Crippen molar-refractivity contribution in [3.63, 3.8) is 0 Å². The van der Waals surface area contributed by atoms with E-state index in [1.165, 1.54) is 7.11 Å². The van der Waals surface area contributed by atoms with E-state index >= 15 is 0 Å². The molecule has 0 saturated carbocycles. The number of benzene rings is 2. The van der Waals surface area contributed by atoms with Gasteiger partial charge in [-0.25, -0.2) is 4.98 Å². The lowest BCUT2D eigenvalue weighted by Crippen LogP contribution is -2.45. The average molecular weight is 454 g/mol. The molecule has 4 rings (SSSR count). The number of ether oxygens (including phenoxy) is 3. The summed E-state index contributed by atoms with van der Waals surface area (Å²) in [6, 6.07) is 9.10. The molecule has 0 aliphatic carbocycles. The van der Waals surface area contributed by atoms with E-state index in [1.54, 1.807) is 26.4 Å². The van der Waals surface area contributed by atoms with E-state index in [0.717, 1.165) is 56.3 Å². The second kappa shape index (κ2) is 10.1. The maximum Gasteiger partial charge on any atom is 0.262 e. The Morgan fingerprint density at radius 1 is 1.00 bits per heavy atom. The highest BCUT2D eigenvalue weighted by atomic mass is 16.5. The monoisotopic (exact) mass is 453 g/mol. The van der Waals surface area contributed by atoms with Crippen molar-refractivity contribution in [2.75, 3.05) is 73.0 Å². The predicted molar refractivity (Wildman–Crippen MR) is 130 cm³/mol. The van der Waals surface area contributed by atoms with Crippen LogP contribution in [0.2, 0.25) is 0 Å². The maximum atomic E-state index is 13.0. The number of hydrogen-bond donors (Lipinski definition) is 2. The van der Waals surface area contributed by atoms with Gasteiger partial charge in [-0.15, -0.1) is 0 Å². The standard InChI is InChI=1S/C24H31N5O4/c1-28-9-11-29(12-10-28)8-7-25-19-13-16(31-2)5-6-18(19)23-26-20-14-17(32-3)15-21(33-4)22(20)24(30)27-23/h5-6,13-15,25H,7-12H2,1-4H3,(H,26,27,30). The van der Waals surface area contributed by atoms with Gasteiger partial charge in [0.25, 0.3) is 5.56 Å². The van der Waals surface area contributed by atoms with E-state index in [2.05, 4.69) is 27.1 Å². The minimum absolute atomic E-state index is 0.270. The lowest BCUT2D eigenvalue weighted by Gasteiger charge is -2.32. The van der Waals surface area contributed by atoms with Crippen molar-refractivity contribution in [3.8, 4) is 28.6 Å². The largest absolute Gasteiger partial charge is 0.497 e. The van der Waals surface area contributed by atoms with Crippen LogP contribution in [0.5, 0.6) is 17.2 Å². The zero-order valence-electron chi connectivity index (χ0n) is 19.6. The summed E-state index contributed by atoms with van der Waals surface area (Å²) in [5, 5.41) is 3.90. The van der Waals surface area contributed by atoms with Crippen LogP contribution >= 0.6 is 0 Å². The van der Waals surface area contributed by atoms with E-state index in [9.17, 15) is 4.79 Å². The molecule has 2 heterocycles. The molecule has 0 unspecified atom stereocenters. The predicted octanol–water partition coefficient (Wildman–Crippen LogP) is 2.28. The molecule has 0 radical (unpaired) electrons. The van der Waals surface area contributed by atoms with Gasteiger partial charge >= 0.3 is 0 Å². The van der Waals surface area contributed by atoms with Crippen molar-refractivity contribution >= 4 is 16.6 Å². The summed E-state index contributed by atoms with van der Waals surface area (Å²) < 4.78 is 16.2. The van der Waals surface area contributed by atoms with Gasteiger partial charge in [-0.3, -0.25) is 9.69 Å². The highest BCUT2D eigenvalue weighted by Crippen LogP contribution is 2.32. The third-order valence-electron chi connectivity index (χ3n) is 6.02. The van der Waals surface area contributed by atoms with E-state index in [4.69, 9.17) is 19.2 Å². The quantitative estimate of drug-likeness (QED) is 0.537. The molecule has 0 bridgehead atoms. The number of piperazine rings is 1. The summed E-state index contributed by atoms with van der Waals surface area (Å²) in [6.07, 6.45) is 0. The highest BCUT2D eigenvalue weighted by Gasteiger charge is 2.17. The van der Waals surface area contributed by atoms with Crippen molar-refractivity contribution in [2.45, 2.75) is 0 Å². The van der Waals surface area contributed by atoms with Crippen molar-refractivity contribution in [1.82, 2.24) is 19.8 Å². The Morgan fingerprint density at radius 2 is 1.76 bits per heavy atom. The smallest absolute Gasteiger partial charge is 0.262 e. The highest BCUT2D eigenvalue weighted by molar-refractivity contribution is 5.88. The molecule has 0 atom stereocenters. The van der Waals surface area contributed by atoms with Gasteiger partial charge in [0.2, 0.25) is 0 Å². The topological polar surface area (TPSA) is 91.9 Å². The number of likely N-dealkylation sites (N-methyl/N-ethyl adjacent to an activating group) is 1. The van der Waals surface area contributed by atoms with Crippen LogP contribution in [0.15, 0.2) is 35.1 Å². The molecule has 1 saturated heterocycles. The Morgan fingerprint density at radius 3 is 2.45 bits per heavy atom. The summed E-state index contributed by atoms with van der Waals surface area (Å²) in [5.41, 5.74) is 1.87. The Labute approximate surface area is 193 Å². The molecule has 1 fully saturated rings. The summed E-state index contributed by atoms with van der Waals surface area (Å²) >= 11 is 0.